The second-order valence-electron chi connectivity index (χ2n) is 16.2. The molecule has 2 aromatic carbocycles. The van der Waals surface area contributed by atoms with Gasteiger partial charge in [0.15, 0.2) is 0 Å². The molecule has 10 unspecified atom stereocenters. The van der Waals surface area contributed by atoms with E-state index in [1.807, 2.05) is 0 Å². The maximum Gasteiger partial charge on any atom is 0.0771 e. The average molecular weight is 593 g/mol. The van der Waals surface area contributed by atoms with Crippen LogP contribution in [0.15, 0.2) is 60.7 Å². The predicted octanol–water partition coefficient (Wildman–Crippen LogP) is 5.08. The van der Waals surface area contributed by atoms with Crippen LogP contribution >= 0.6 is 0 Å². The van der Waals surface area contributed by atoms with Gasteiger partial charge in [0, 0.05) is 52.4 Å². The van der Waals surface area contributed by atoms with Crippen LogP contribution in [0.1, 0.15) is 43.2 Å². The molecule has 5 aliphatic carbocycles. The van der Waals surface area contributed by atoms with Crippen LogP contribution < -0.4 is 0 Å². The first kappa shape index (κ1) is 27.4. The fourth-order valence-electron chi connectivity index (χ4n) is 13.4. The van der Waals surface area contributed by atoms with Crippen molar-refractivity contribution in [3.8, 4) is 0 Å². The SMILES string of the molecule is c1ccc(CN2CCCN(CCC34OC5(CCN6CCCN(Cc7ccccc7)CC6)C6C7CC(C8C7C5C83)C64)CC2)cc1. The summed E-state index contributed by atoms with van der Waals surface area (Å²) in [7, 11) is 0. The summed E-state index contributed by atoms with van der Waals surface area (Å²) in [6.07, 6.45) is 6.81. The fourth-order valence-corrected chi connectivity index (χ4v) is 13.4. The minimum Gasteiger partial charge on any atom is -0.367 e. The zero-order valence-corrected chi connectivity index (χ0v) is 26.6. The molecule has 5 heteroatoms. The number of hydrogen-bond acceptors (Lipinski definition) is 5. The highest BCUT2D eigenvalue weighted by molar-refractivity contribution is 5.43. The molecule has 234 valence electrons. The summed E-state index contributed by atoms with van der Waals surface area (Å²) < 4.78 is 7.71. The van der Waals surface area contributed by atoms with Crippen molar-refractivity contribution in [1.29, 1.82) is 0 Å². The van der Waals surface area contributed by atoms with E-state index in [-0.39, 0.29) is 11.2 Å². The maximum atomic E-state index is 7.71. The standard InChI is InChI=1S/C39H52N4O/c1-3-9-28(10-4-1)26-42-17-7-15-40(21-23-42)19-13-38-34-30-25-31-33-32(30)36(38)37(33)39(44-38,35(31)34)14-20-41-16-8-18-43(24-22-41)27-29-11-5-2-6-12-29/h1-6,9-12,30-37H,7-8,13-27H2. The molecule has 5 nitrogen and oxygen atoms in total. The van der Waals surface area contributed by atoms with Gasteiger partial charge >= 0.3 is 0 Å². The Morgan fingerprint density at radius 2 is 0.955 bits per heavy atom. The van der Waals surface area contributed by atoms with Gasteiger partial charge in [0.1, 0.15) is 0 Å². The van der Waals surface area contributed by atoms with Gasteiger partial charge in [-0.3, -0.25) is 9.80 Å². The second kappa shape index (κ2) is 10.4. The van der Waals surface area contributed by atoms with E-state index in [0.29, 0.717) is 0 Å². The van der Waals surface area contributed by atoms with Gasteiger partial charge in [-0.2, -0.15) is 0 Å². The van der Waals surface area contributed by atoms with Gasteiger partial charge in [-0.15, -0.1) is 0 Å². The van der Waals surface area contributed by atoms with Crippen LogP contribution in [0.25, 0.3) is 0 Å². The molecule has 11 rings (SSSR count). The van der Waals surface area contributed by atoms with E-state index >= 15 is 0 Å². The number of nitrogens with zero attached hydrogens (tertiary/aromatic N) is 4. The molecule has 0 N–H and O–H groups in total. The summed E-state index contributed by atoms with van der Waals surface area (Å²) in [5.41, 5.74) is 3.40. The zero-order chi connectivity index (χ0) is 28.9. The lowest BCUT2D eigenvalue weighted by atomic mass is 9.54. The highest BCUT2D eigenvalue weighted by Gasteiger charge is 2.96. The van der Waals surface area contributed by atoms with Gasteiger partial charge < -0.3 is 14.5 Å². The summed E-state index contributed by atoms with van der Waals surface area (Å²) in [5.74, 6) is 7.79. The van der Waals surface area contributed by atoms with E-state index in [1.54, 1.807) is 6.42 Å². The predicted molar refractivity (Wildman–Crippen MR) is 174 cm³/mol. The number of ether oxygens (including phenoxy) is 1. The molecule has 4 bridgehead atoms. The molecular formula is C39H52N4O. The molecule has 10 atom stereocenters. The lowest BCUT2D eigenvalue weighted by Crippen LogP contribution is -2.53. The van der Waals surface area contributed by atoms with Crippen LogP contribution in [0.2, 0.25) is 0 Å². The molecule has 2 aromatic rings. The van der Waals surface area contributed by atoms with Crippen LogP contribution in [0, 0.1) is 47.3 Å². The molecule has 9 aliphatic rings. The molecule has 0 aromatic heterocycles. The average Bonchev–Trinajstić information content (AvgIpc) is 3.60. The summed E-state index contributed by atoms with van der Waals surface area (Å²) in [6, 6.07) is 22.2. The van der Waals surface area contributed by atoms with Gasteiger partial charge in [0.2, 0.25) is 0 Å². The van der Waals surface area contributed by atoms with E-state index < -0.39 is 0 Å². The third-order valence-corrected chi connectivity index (χ3v) is 14.6. The smallest absolute Gasteiger partial charge is 0.0771 e. The van der Waals surface area contributed by atoms with E-state index in [9.17, 15) is 0 Å². The monoisotopic (exact) mass is 592 g/mol. The van der Waals surface area contributed by atoms with Crippen molar-refractivity contribution in [1.82, 2.24) is 19.6 Å². The Bertz CT molecular complexity index is 1250. The molecule has 4 saturated heterocycles. The highest BCUT2D eigenvalue weighted by atomic mass is 16.5. The first-order valence-corrected chi connectivity index (χ1v) is 18.4. The quantitative estimate of drug-likeness (QED) is 0.383. The Morgan fingerprint density at radius 1 is 0.523 bits per heavy atom. The van der Waals surface area contributed by atoms with Gasteiger partial charge in [-0.1, -0.05) is 60.7 Å². The molecule has 5 saturated carbocycles. The molecule has 0 amide bonds. The molecular weight excluding hydrogens is 540 g/mol. The maximum absolute atomic E-state index is 7.71. The Hall–Kier alpha value is -1.76. The van der Waals surface area contributed by atoms with Gasteiger partial charge in [-0.05, 0) is 117 Å². The lowest BCUT2D eigenvalue weighted by Gasteiger charge is -2.48. The second-order valence-corrected chi connectivity index (χ2v) is 16.2. The van der Waals surface area contributed by atoms with E-state index in [2.05, 4.69) is 80.3 Å². The third-order valence-electron chi connectivity index (χ3n) is 14.6. The minimum atomic E-state index is 0.244. The van der Waals surface area contributed by atoms with Crippen molar-refractivity contribution < 1.29 is 4.74 Å². The first-order valence-electron chi connectivity index (χ1n) is 18.4. The van der Waals surface area contributed by atoms with Crippen molar-refractivity contribution in [2.45, 2.75) is 56.4 Å². The minimum absolute atomic E-state index is 0.244. The molecule has 4 aliphatic heterocycles. The molecule has 0 radical (unpaired) electrons. The molecule has 0 spiro atoms. The van der Waals surface area contributed by atoms with Crippen LogP contribution in [0.5, 0.6) is 0 Å². The van der Waals surface area contributed by atoms with Crippen LogP contribution in [-0.4, -0.2) is 96.2 Å². The Labute approximate surface area is 264 Å². The molecule has 44 heavy (non-hydrogen) atoms. The Balaban J connectivity index is 0.788. The zero-order valence-electron chi connectivity index (χ0n) is 26.6. The van der Waals surface area contributed by atoms with Crippen molar-refractivity contribution in [3.63, 3.8) is 0 Å². The van der Waals surface area contributed by atoms with Crippen LogP contribution in [0.3, 0.4) is 0 Å². The molecule has 9 fully saturated rings. The van der Waals surface area contributed by atoms with Crippen molar-refractivity contribution in [3.05, 3.63) is 71.8 Å². The van der Waals surface area contributed by atoms with Crippen molar-refractivity contribution >= 4 is 0 Å². The summed E-state index contributed by atoms with van der Waals surface area (Å²) in [4.78, 5) is 11.0. The van der Waals surface area contributed by atoms with Gasteiger partial charge in [0.05, 0.1) is 11.2 Å². The Kier molecular flexibility index (Phi) is 6.45. The summed E-state index contributed by atoms with van der Waals surface area (Å²) >= 11 is 0. The largest absolute Gasteiger partial charge is 0.367 e. The topological polar surface area (TPSA) is 22.2 Å². The summed E-state index contributed by atoms with van der Waals surface area (Å²) in [6.45, 7) is 14.6. The van der Waals surface area contributed by atoms with Crippen molar-refractivity contribution in [2.75, 3.05) is 65.4 Å². The number of rotatable bonds is 10. The number of benzene rings is 2. The van der Waals surface area contributed by atoms with Crippen molar-refractivity contribution in [2.24, 2.45) is 47.3 Å². The van der Waals surface area contributed by atoms with Crippen LogP contribution in [-0.2, 0) is 17.8 Å². The van der Waals surface area contributed by atoms with Gasteiger partial charge in [-0.25, -0.2) is 0 Å². The lowest BCUT2D eigenvalue weighted by molar-refractivity contribution is -0.0850. The first-order chi connectivity index (χ1) is 21.7. The van der Waals surface area contributed by atoms with E-state index in [0.717, 1.165) is 60.4 Å². The van der Waals surface area contributed by atoms with E-state index in [4.69, 9.17) is 4.74 Å². The highest BCUT2D eigenvalue weighted by Crippen LogP contribution is 2.93. The number of hydrogen-bond donors (Lipinski definition) is 0. The van der Waals surface area contributed by atoms with Crippen LogP contribution in [0.4, 0.5) is 0 Å². The fraction of sp³-hybridized carbons (Fsp3) is 0.692. The van der Waals surface area contributed by atoms with E-state index in [1.165, 1.54) is 102 Å². The normalized spacial score (nSPS) is 44.1. The summed E-state index contributed by atoms with van der Waals surface area (Å²) in [5, 5.41) is 0. The van der Waals surface area contributed by atoms with Gasteiger partial charge in [0.25, 0.3) is 0 Å². The molecule has 4 heterocycles. The third kappa shape index (κ3) is 3.89. The Morgan fingerprint density at radius 3 is 1.43 bits per heavy atom.